The molecule has 2 heteroatoms. The van der Waals surface area contributed by atoms with Gasteiger partial charge >= 0.3 is 0 Å². The van der Waals surface area contributed by atoms with Gasteiger partial charge in [-0.2, -0.15) is 0 Å². The molecule has 0 N–H and O–H groups in total. The Morgan fingerprint density at radius 2 is 1.32 bits per heavy atom. The molecule has 96 valence electrons. The second-order valence-corrected chi connectivity index (χ2v) is 5.32. The van der Waals surface area contributed by atoms with Crippen LogP contribution in [0.3, 0.4) is 0 Å². The van der Waals surface area contributed by atoms with Gasteiger partial charge in [0.25, 0.3) is 0 Å². The molecule has 0 saturated carbocycles. The zero-order chi connectivity index (χ0) is 12.7. The summed E-state index contributed by atoms with van der Waals surface area (Å²) in [7, 11) is 0. The standard InChI is InChI=1S/C17H17NO/c1-3-9-15-13(7-1)17(18-11-5-6-12-18)14-8-2-4-10-16(14)19-15/h1-4,7-10,17H,5-6,11-12H2. The first kappa shape index (κ1) is 11.1. The average molecular weight is 251 g/mol. The summed E-state index contributed by atoms with van der Waals surface area (Å²) in [6, 6.07) is 17.2. The summed E-state index contributed by atoms with van der Waals surface area (Å²) in [6.07, 6.45) is 2.61. The van der Waals surface area contributed by atoms with Gasteiger partial charge in [0.15, 0.2) is 0 Å². The topological polar surface area (TPSA) is 12.5 Å². The lowest BCUT2D eigenvalue weighted by Gasteiger charge is -2.34. The minimum atomic E-state index is 0.364. The van der Waals surface area contributed by atoms with Gasteiger partial charge in [-0.1, -0.05) is 36.4 Å². The highest BCUT2D eigenvalue weighted by Crippen LogP contribution is 2.46. The van der Waals surface area contributed by atoms with Crippen LogP contribution >= 0.6 is 0 Å². The molecule has 0 unspecified atom stereocenters. The Bertz CT molecular complexity index is 556. The van der Waals surface area contributed by atoms with Crippen LogP contribution in [0.5, 0.6) is 11.5 Å². The van der Waals surface area contributed by atoms with Gasteiger partial charge in [-0.05, 0) is 38.1 Å². The van der Waals surface area contributed by atoms with Crippen molar-refractivity contribution < 1.29 is 4.74 Å². The van der Waals surface area contributed by atoms with Crippen molar-refractivity contribution in [2.45, 2.75) is 18.9 Å². The first-order chi connectivity index (χ1) is 9.43. The van der Waals surface area contributed by atoms with Crippen LogP contribution in [0, 0.1) is 0 Å². The average Bonchev–Trinajstić information content (AvgIpc) is 2.98. The number of likely N-dealkylation sites (tertiary alicyclic amines) is 1. The largest absolute Gasteiger partial charge is 0.457 e. The van der Waals surface area contributed by atoms with Crippen LogP contribution in [-0.4, -0.2) is 18.0 Å². The van der Waals surface area contributed by atoms with Gasteiger partial charge in [0.05, 0.1) is 6.04 Å². The molecule has 19 heavy (non-hydrogen) atoms. The summed E-state index contributed by atoms with van der Waals surface area (Å²) in [5.41, 5.74) is 2.62. The first-order valence-corrected chi connectivity index (χ1v) is 7.03. The van der Waals surface area contributed by atoms with E-state index in [0.29, 0.717) is 6.04 Å². The molecule has 0 bridgehead atoms. The second kappa shape index (κ2) is 4.39. The van der Waals surface area contributed by atoms with Gasteiger partial charge in [0, 0.05) is 11.1 Å². The SMILES string of the molecule is c1ccc2c(c1)Oc1ccccc1C2N1CCCC1. The molecule has 2 aliphatic heterocycles. The Morgan fingerprint density at radius 3 is 1.89 bits per heavy atom. The molecule has 2 aromatic carbocycles. The third-order valence-electron chi connectivity index (χ3n) is 4.15. The number of para-hydroxylation sites is 2. The number of hydrogen-bond acceptors (Lipinski definition) is 2. The molecule has 0 amide bonds. The zero-order valence-electron chi connectivity index (χ0n) is 10.9. The molecule has 2 aromatic rings. The summed E-state index contributed by atoms with van der Waals surface area (Å²) in [5, 5.41) is 0. The van der Waals surface area contributed by atoms with E-state index in [9.17, 15) is 0 Å². The Balaban J connectivity index is 1.87. The van der Waals surface area contributed by atoms with Crippen LogP contribution in [0.2, 0.25) is 0 Å². The molecule has 2 heterocycles. The Labute approximate surface area is 113 Å². The number of benzene rings is 2. The molecule has 0 aliphatic carbocycles. The van der Waals surface area contributed by atoms with E-state index in [-0.39, 0.29) is 0 Å². The van der Waals surface area contributed by atoms with Gasteiger partial charge in [0.1, 0.15) is 11.5 Å². The molecule has 2 aliphatic rings. The van der Waals surface area contributed by atoms with Gasteiger partial charge < -0.3 is 4.74 Å². The highest BCUT2D eigenvalue weighted by molar-refractivity contribution is 5.53. The highest BCUT2D eigenvalue weighted by atomic mass is 16.5. The normalized spacial score (nSPS) is 18.7. The molecular formula is C17H17NO. The second-order valence-electron chi connectivity index (χ2n) is 5.32. The van der Waals surface area contributed by atoms with Gasteiger partial charge in [-0.25, -0.2) is 0 Å². The molecule has 4 rings (SSSR count). The lowest BCUT2D eigenvalue weighted by atomic mass is 9.93. The van der Waals surface area contributed by atoms with E-state index < -0.39 is 0 Å². The summed E-state index contributed by atoms with van der Waals surface area (Å²) >= 11 is 0. The van der Waals surface area contributed by atoms with E-state index in [4.69, 9.17) is 4.74 Å². The lowest BCUT2D eigenvalue weighted by Crippen LogP contribution is -2.28. The summed E-state index contributed by atoms with van der Waals surface area (Å²) in [5.74, 6) is 2.02. The number of rotatable bonds is 1. The van der Waals surface area contributed by atoms with E-state index in [1.165, 1.54) is 37.1 Å². The quantitative estimate of drug-likeness (QED) is 0.760. The van der Waals surface area contributed by atoms with E-state index in [1.54, 1.807) is 0 Å². The monoisotopic (exact) mass is 251 g/mol. The predicted molar refractivity (Wildman–Crippen MR) is 75.6 cm³/mol. The van der Waals surface area contributed by atoms with E-state index >= 15 is 0 Å². The number of nitrogens with zero attached hydrogens (tertiary/aromatic N) is 1. The highest BCUT2D eigenvalue weighted by Gasteiger charge is 2.32. The number of hydrogen-bond donors (Lipinski definition) is 0. The van der Waals surface area contributed by atoms with Gasteiger partial charge in [-0.3, -0.25) is 4.90 Å². The van der Waals surface area contributed by atoms with Crippen LogP contribution in [0.25, 0.3) is 0 Å². The third kappa shape index (κ3) is 1.75. The van der Waals surface area contributed by atoms with Crippen LogP contribution in [0.4, 0.5) is 0 Å². The van der Waals surface area contributed by atoms with Crippen molar-refractivity contribution in [1.29, 1.82) is 0 Å². The zero-order valence-corrected chi connectivity index (χ0v) is 10.9. The molecule has 0 spiro atoms. The van der Waals surface area contributed by atoms with Crippen molar-refractivity contribution in [2.75, 3.05) is 13.1 Å². The predicted octanol–water partition coefficient (Wildman–Crippen LogP) is 3.98. The molecule has 0 aromatic heterocycles. The maximum Gasteiger partial charge on any atom is 0.132 e. The van der Waals surface area contributed by atoms with Crippen LogP contribution in [0.1, 0.15) is 30.0 Å². The molecule has 2 nitrogen and oxygen atoms in total. The fraction of sp³-hybridized carbons (Fsp3) is 0.294. The van der Waals surface area contributed by atoms with Crippen molar-refractivity contribution in [3.8, 4) is 11.5 Å². The van der Waals surface area contributed by atoms with Crippen molar-refractivity contribution in [2.24, 2.45) is 0 Å². The Kier molecular flexibility index (Phi) is 2.56. The van der Waals surface area contributed by atoms with Crippen molar-refractivity contribution in [3.63, 3.8) is 0 Å². The maximum atomic E-state index is 6.04. The fourth-order valence-electron chi connectivity index (χ4n) is 3.28. The van der Waals surface area contributed by atoms with Crippen LogP contribution in [-0.2, 0) is 0 Å². The molecule has 0 atom stereocenters. The minimum Gasteiger partial charge on any atom is -0.457 e. The van der Waals surface area contributed by atoms with Crippen molar-refractivity contribution in [3.05, 3.63) is 59.7 Å². The molecule has 0 radical (unpaired) electrons. The van der Waals surface area contributed by atoms with Crippen LogP contribution < -0.4 is 4.74 Å². The maximum absolute atomic E-state index is 6.04. The van der Waals surface area contributed by atoms with E-state index in [2.05, 4.69) is 41.3 Å². The van der Waals surface area contributed by atoms with E-state index in [0.717, 1.165) is 11.5 Å². The number of ether oxygens (including phenoxy) is 1. The Morgan fingerprint density at radius 1 is 0.789 bits per heavy atom. The smallest absolute Gasteiger partial charge is 0.132 e. The van der Waals surface area contributed by atoms with E-state index in [1.807, 2.05) is 12.1 Å². The Hall–Kier alpha value is -1.80. The summed E-state index contributed by atoms with van der Waals surface area (Å²) < 4.78 is 6.04. The summed E-state index contributed by atoms with van der Waals surface area (Å²) in [4.78, 5) is 2.58. The first-order valence-electron chi connectivity index (χ1n) is 7.03. The fourth-order valence-corrected chi connectivity index (χ4v) is 3.28. The van der Waals surface area contributed by atoms with Crippen LogP contribution in [0.15, 0.2) is 48.5 Å². The lowest BCUT2D eigenvalue weighted by molar-refractivity contribution is 0.261. The van der Waals surface area contributed by atoms with Gasteiger partial charge in [-0.15, -0.1) is 0 Å². The minimum absolute atomic E-state index is 0.364. The number of fused-ring (bicyclic) bond motifs is 2. The third-order valence-corrected chi connectivity index (χ3v) is 4.15. The van der Waals surface area contributed by atoms with Gasteiger partial charge in [0.2, 0.25) is 0 Å². The molecular weight excluding hydrogens is 234 g/mol. The molecule has 1 fully saturated rings. The summed E-state index contributed by atoms with van der Waals surface area (Å²) in [6.45, 7) is 2.38. The molecule has 1 saturated heterocycles. The van der Waals surface area contributed by atoms with Crippen molar-refractivity contribution in [1.82, 2.24) is 4.90 Å². The van der Waals surface area contributed by atoms with Crippen molar-refractivity contribution >= 4 is 0 Å².